The molecule has 2 heteroatoms. The lowest BCUT2D eigenvalue weighted by Gasteiger charge is -2.27. The van der Waals surface area contributed by atoms with Crippen LogP contribution in [0, 0.1) is 5.41 Å². The molecular formula is C9H21BN. The van der Waals surface area contributed by atoms with Crippen molar-refractivity contribution in [2.24, 2.45) is 5.41 Å². The van der Waals surface area contributed by atoms with E-state index in [2.05, 4.69) is 46.9 Å². The van der Waals surface area contributed by atoms with Gasteiger partial charge in [0.15, 0.2) is 0 Å². The monoisotopic (exact) mass is 154 g/mol. The summed E-state index contributed by atoms with van der Waals surface area (Å²) < 4.78 is 0. The van der Waals surface area contributed by atoms with E-state index in [-0.39, 0.29) is 14.0 Å². The van der Waals surface area contributed by atoms with Gasteiger partial charge in [0, 0.05) is 20.5 Å². The standard InChI is InChI=1S/C9H21N.B/c1-8(2,3)7-10-9(4,5)6;/h10H,7H2,1-6H3;. The highest BCUT2D eigenvalue weighted by Gasteiger charge is 2.14. The summed E-state index contributed by atoms with van der Waals surface area (Å²) in [6.07, 6.45) is 0. The van der Waals surface area contributed by atoms with E-state index in [1.54, 1.807) is 0 Å². The maximum Gasteiger partial charge on any atom is 0.00967 e. The van der Waals surface area contributed by atoms with Crippen molar-refractivity contribution in [3.05, 3.63) is 0 Å². The largest absolute Gasteiger partial charge is 0.312 e. The van der Waals surface area contributed by atoms with Crippen LogP contribution in [0.3, 0.4) is 0 Å². The second-order valence-electron chi connectivity index (χ2n) is 5.16. The van der Waals surface area contributed by atoms with Gasteiger partial charge in [-0.05, 0) is 26.2 Å². The first-order valence-electron chi connectivity index (χ1n) is 3.96. The molecule has 0 aliphatic heterocycles. The van der Waals surface area contributed by atoms with E-state index in [0.717, 1.165) is 6.54 Å². The summed E-state index contributed by atoms with van der Waals surface area (Å²) in [4.78, 5) is 0. The van der Waals surface area contributed by atoms with Crippen molar-refractivity contribution < 1.29 is 0 Å². The second kappa shape index (κ2) is 4.15. The van der Waals surface area contributed by atoms with Crippen molar-refractivity contribution in [2.45, 2.75) is 47.1 Å². The van der Waals surface area contributed by atoms with E-state index < -0.39 is 0 Å². The Kier molecular flexibility index (Phi) is 5.13. The van der Waals surface area contributed by atoms with Crippen LogP contribution in [0.1, 0.15) is 41.5 Å². The van der Waals surface area contributed by atoms with Gasteiger partial charge in [-0.2, -0.15) is 0 Å². The molecule has 3 radical (unpaired) electrons. The van der Waals surface area contributed by atoms with E-state index in [1.165, 1.54) is 0 Å². The van der Waals surface area contributed by atoms with Gasteiger partial charge in [-0.3, -0.25) is 0 Å². The molecule has 0 fully saturated rings. The van der Waals surface area contributed by atoms with Gasteiger partial charge in [0.2, 0.25) is 0 Å². The lowest BCUT2D eigenvalue weighted by atomic mass is 9.95. The molecule has 1 N–H and O–H groups in total. The molecule has 0 aliphatic carbocycles. The summed E-state index contributed by atoms with van der Waals surface area (Å²) in [6.45, 7) is 14.4. The first kappa shape index (κ1) is 13.6. The average molecular weight is 154 g/mol. The average Bonchev–Trinajstić information content (AvgIpc) is 1.57. The van der Waals surface area contributed by atoms with Crippen LogP contribution in [0.25, 0.3) is 0 Å². The fraction of sp³-hybridized carbons (Fsp3) is 1.00. The number of hydrogen-bond donors (Lipinski definition) is 1. The molecule has 0 saturated carbocycles. The maximum atomic E-state index is 3.46. The first-order chi connectivity index (χ1) is 4.21. The predicted octanol–water partition coefficient (Wildman–Crippen LogP) is 2.04. The minimum Gasteiger partial charge on any atom is -0.312 e. The highest BCUT2D eigenvalue weighted by atomic mass is 14.9. The molecule has 0 spiro atoms. The molecule has 0 aliphatic rings. The molecule has 0 amide bonds. The smallest absolute Gasteiger partial charge is 0.00967 e. The Balaban J connectivity index is 0. The Labute approximate surface area is 73.5 Å². The summed E-state index contributed by atoms with van der Waals surface area (Å²) in [5.41, 5.74) is 0.653. The van der Waals surface area contributed by atoms with Crippen LogP contribution in [0.15, 0.2) is 0 Å². The Bertz CT molecular complexity index is 83.1. The van der Waals surface area contributed by atoms with Gasteiger partial charge in [-0.1, -0.05) is 20.8 Å². The molecule has 0 unspecified atom stereocenters. The Morgan fingerprint density at radius 2 is 1.27 bits per heavy atom. The van der Waals surface area contributed by atoms with Crippen LogP contribution in [0.4, 0.5) is 0 Å². The van der Waals surface area contributed by atoms with Gasteiger partial charge in [0.1, 0.15) is 0 Å². The zero-order valence-electron chi connectivity index (χ0n) is 8.78. The highest BCUT2D eigenvalue weighted by molar-refractivity contribution is 5.75. The number of nitrogens with one attached hydrogen (secondary N) is 1. The molecule has 65 valence electrons. The Hall–Kier alpha value is 0.0249. The van der Waals surface area contributed by atoms with Crippen LogP contribution < -0.4 is 5.32 Å². The van der Waals surface area contributed by atoms with Crippen molar-refractivity contribution >= 4 is 8.41 Å². The molecule has 0 aromatic rings. The Morgan fingerprint density at radius 1 is 0.909 bits per heavy atom. The van der Waals surface area contributed by atoms with Crippen molar-refractivity contribution in [1.82, 2.24) is 5.32 Å². The summed E-state index contributed by atoms with van der Waals surface area (Å²) in [6, 6.07) is 0. The first-order valence-corrected chi connectivity index (χ1v) is 3.96. The normalized spacial score (nSPS) is 12.5. The molecule has 0 heterocycles. The third kappa shape index (κ3) is 13.1. The maximum absolute atomic E-state index is 3.46. The fourth-order valence-electron chi connectivity index (χ4n) is 0.530. The molecule has 0 aromatic carbocycles. The lowest BCUT2D eigenvalue weighted by molar-refractivity contribution is 0.315. The van der Waals surface area contributed by atoms with Crippen molar-refractivity contribution in [3.8, 4) is 0 Å². The highest BCUT2D eigenvalue weighted by Crippen LogP contribution is 2.12. The van der Waals surface area contributed by atoms with Crippen LogP contribution in [0.2, 0.25) is 0 Å². The third-order valence-electron chi connectivity index (χ3n) is 1.15. The summed E-state index contributed by atoms with van der Waals surface area (Å²) in [5, 5.41) is 3.46. The molecule has 0 rings (SSSR count). The van der Waals surface area contributed by atoms with Gasteiger partial charge < -0.3 is 5.32 Å². The third-order valence-corrected chi connectivity index (χ3v) is 1.15. The number of hydrogen-bond acceptors (Lipinski definition) is 1. The second-order valence-corrected chi connectivity index (χ2v) is 5.16. The van der Waals surface area contributed by atoms with E-state index in [4.69, 9.17) is 0 Å². The van der Waals surface area contributed by atoms with Crippen LogP contribution in [-0.2, 0) is 0 Å². The van der Waals surface area contributed by atoms with Crippen LogP contribution in [0.5, 0.6) is 0 Å². The van der Waals surface area contributed by atoms with Gasteiger partial charge >= 0.3 is 0 Å². The number of rotatable bonds is 1. The molecular weight excluding hydrogens is 133 g/mol. The summed E-state index contributed by atoms with van der Waals surface area (Å²) >= 11 is 0. The molecule has 0 bridgehead atoms. The molecule has 0 atom stereocenters. The van der Waals surface area contributed by atoms with Crippen molar-refractivity contribution in [3.63, 3.8) is 0 Å². The molecule has 0 aromatic heterocycles. The predicted molar refractivity (Wildman–Crippen MR) is 53.0 cm³/mol. The van der Waals surface area contributed by atoms with E-state index in [0.29, 0.717) is 5.41 Å². The molecule has 11 heavy (non-hydrogen) atoms. The van der Waals surface area contributed by atoms with E-state index >= 15 is 0 Å². The topological polar surface area (TPSA) is 12.0 Å². The van der Waals surface area contributed by atoms with Crippen LogP contribution >= 0.6 is 0 Å². The zero-order valence-corrected chi connectivity index (χ0v) is 8.78. The summed E-state index contributed by atoms with van der Waals surface area (Å²) in [5.74, 6) is 0. The minimum absolute atomic E-state index is 0. The lowest BCUT2D eigenvalue weighted by Crippen LogP contribution is -2.40. The minimum atomic E-state index is 0. The SMILES string of the molecule is CC(C)(C)CNC(C)(C)C.[B]. The molecule has 0 saturated heterocycles. The molecule has 1 nitrogen and oxygen atoms in total. The zero-order chi connectivity index (χ0) is 8.41. The van der Waals surface area contributed by atoms with E-state index in [9.17, 15) is 0 Å². The fourth-order valence-corrected chi connectivity index (χ4v) is 0.530. The van der Waals surface area contributed by atoms with Gasteiger partial charge in [-0.15, -0.1) is 0 Å². The van der Waals surface area contributed by atoms with Crippen LogP contribution in [-0.4, -0.2) is 20.5 Å². The Morgan fingerprint density at radius 3 is 1.36 bits per heavy atom. The van der Waals surface area contributed by atoms with Crippen molar-refractivity contribution in [2.75, 3.05) is 6.54 Å². The quantitative estimate of drug-likeness (QED) is 0.570. The van der Waals surface area contributed by atoms with Gasteiger partial charge in [0.05, 0.1) is 0 Å². The van der Waals surface area contributed by atoms with Gasteiger partial charge in [0.25, 0.3) is 0 Å². The summed E-state index contributed by atoms with van der Waals surface area (Å²) in [7, 11) is 0. The van der Waals surface area contributed by atoms with Crippen molar-refractivity contribution in [1.29, 1.82) is 0 Å². The van der Waals surface area contributed by atoms with Gasteiger partial charge in [-0.25, -0.2) is 0 Å². The van der Waals surface area contributed by atoms with E-state index in [1.807, 2.05) is 0 Å².